The molecule has 3 rings (SSSR count). The number of carbonyl (C=O) groups is 1. The molecule has 2 N–H and O–H groups in total. The van der Waals surface area contributed by atoms with Gasteiger partial charge in [0, 0.05) is 13.1 Å². The summed E-state index contributed by atoms with van der Waals surface area (Å²) >= 11 is 0. The van der Waals surface area contributed by atoms with Gasteiger partial charge in [0.1, 0.15) is 24.3 Å². The van der Waals surface area contributed by atoms with Gasteiger partial charge < -0.3 is 19.9 Å². The standard InChI is InChI=1S/C26H26FNO4/c1-31-26(30)25(21-5-3-2-4-6-21)15-19-9-13-24(14-10-19)32-18-23(29)17-28-16-20-7-11-22(27)12-8-20/h2-15,23,28-29H,16-18H2,1H3/b25-15+. The Labute approximate surface area is 187 Å². The number of rotatable bonds is 10. The number of aliphatic hydroxyl groups excluding tert-OH is 1. The normalized spacial score (nSPS) is 12.3. The van der Waals surface area contributed by atoms with Crippen LogP contribution < -0.4 is 10.1 Å². The summed E-state index contributed by atoms with van der Waals surface area (Å²) < 4.78 is 23.5. The summed E-state index contributed by atoms with van der Waals surface area (Å²) in [5.41, 5.74) is 2.99. The molecular formula is C26H26FNO4. The minimum atomic E-state index is -0.695. The van der Waals surface area contributed by atoms with E-state index < -0.39 is 12.1 Å². The number of carbonyl (C=O) groups excluding carboxylic acids is 1. The lowest BCUT2D eigenvalue weighted by Gasteiger charge is -2.13. The molecule has 0 aromatic heterocycles. The van der Waals surface area contributed by atoms with Crippen LogP contribution in [0.15, 0.2) is 78.9 Å². The summed E-state index contributed by atoms with van der Waals surface area (Å²) in [5, 5.41) is 13.2. The number of aliphatic hydroxyl groups is 1. The van der Waals surface area contributed by atoms with Crippen molar-refractivity contribution in [1.82, 2.24) is 5.32 Å². The third-order valence-corrected chi connectivity index (χ3v) is 4.75. The van der Waals surface area contributed by atoms with Crippen molar-refractivity contribution >= 4 is 17.6 Å². The molecule has 0 spiro atoms. The molecule has 0 aliphatic heterocycles. The molecule has 0 saturated heterocycles. The van der Waals surface area contributed by atoms with E-state index in [0.717, 1.165) is 16.7 Å². The Morgan fingerprint density at radius 2 is 1.72 bits per heavy atom. The molecule has 0 aliphatic carbocycles. The van der Waals surface area contributed by atoms with Crippen LogP contribution in [-0.2, 0) is 16.1 Å². The fourth-order valence-electron chi connectivity index (χ4n) is 3.05. The smallest absolute Gasteiger partial charge is 0.338 e. The van der Waals surface area contributed by atoms with Crippen LogP contribution in [0.25, 0.3) is 11.6 Å². The molecule has 0 amide bonds. The van der Waals surface area contributed by atoms with Gasteiger partial charge in [0.25, 0.3) is 0 Å². The maximum absolute atomic E-state index is 12.9. The van der Waals surface area contributed by atoms with E-state index in [0.29, 0.717) is 24.4 Å². The highest BCUT2D eigenvalue weighted by molar-refractivity contribution is 6.21. The Bertz CT molecular complexity index is 1020. The van der Waals surface area contributed by atoms with Gasteiger partial charge in [-0.25, -0.2) is 9.18 Å². The van der Waals surface area contributed by atoms with E-state index in [1.807, 2.05) is 42.5 Å². The van der Waals surface area contributed by atoms with Crippen molar-refractivity contribution in [1.29, 1.82) is 0 Å². The zero-order chi connectivity index (χ0) is 22.8. The first-order chi connectivity index (χ1) is 15.5. The topological polar surface area (TPSA) is 67.8 Å². The van der Waals surface area contributed by atoms with Crippen molar-refractivity contribution in [2.24, 2.45) is 0 Å². The molecule has 5 nitrogen and oxygen atoms in total. The average Bonchev–Trinajstić information content (AvgIpc) is 2.83. The molecule has 32 heavy (non-hydrogen) atoms. The predicted molar refractivity (Wildman–Crippen MR) is 122 cm³/mol. The van der Waals surface area contributed by atoms with Crippen molar-refractivity contribution in [2.45, 2.75) is 12.6 Å². The van der Waals surface area contributed by atoms with Crippen LogP contribution in [0, 0.1) is 5.82 Å². The molecule has 0 radical (unpaired) electrons. The maximum atomic E-state index is 12.9. The van der Waals surface area contributed by atoms with Gasteiger partial charge in [-0.1, -0.05) is 54.6 Å². The molecular weight excluding hydrogens is 409 g/mol. The van der Waals surface area contributed by atoms with Crippen molar-refractivity contribution < 1.29 is 23.8 Å². The highest BCUT2D eigenvalue weighted by Gasteiger charge is 2.12. The van der Waals surface area contributed by atoms with E-state index >= 15 is 0 Å². The minimum Gasteiger partial charge on any atom is -0.491 e. The SMILES string of the molecule is COC(=O)/C(=C/c1ccc(OCC(O)CNCc2ccc(F)cc2)cc1)c1ccccc1. The number of halogens is 1. The van der Waals surface area contributed by atoms with Gasteiger partial charge in [-0.15, -0.1) is 0 Å². The van der Waals surface area contributed by atoms with Gasteiger partial charge in [-0.3, -0.25) is 0 Å². The maximum Gasteiger partial charge on any atom is 0.338 e. The molecule has 0 heterocycles. The molecule has 166 valence electrons. The fraction of sp³-hybridized carbons (Fsp3) is 0.192. The third-order valence-electron chi connectivity index (χ3n) is 4.75. The van der Waals surface area contributed by atoms with Crippen molar-refractivity contribution in [3.63, 3.8) is 0 Å². The van der Waals surface area contributed by atoms with Gasteiger partial charge in [-0.2, -0.15) is 0 Å². The number of ether oxygens (including phenoxy) is 2. The molecule has 0 saturated carbocycles. The van der Waals surface area contributed by atoms with Crippen molar-refractivity contribution in [3.8, 4) is 5.75 Å². The monoisotopic (exact) mass is 435 g/mol. The van der Waals surface area contributed by atoms with Crippen molar-refractivity contribution in [3.05, 3.63) is 101 Å². The number of hydrogen-bond donors (Lipinski definition) is 2. The van der Waals surface area contributed by atoms with Gasteiger partial charge in [0.05, 0.1) is 12.7 Å². The van der Waals surface area contributed by atoms with Gasteiger partial charge in [0.2, 0.25) is 0 Å². The van der Waals surface area contributed by atoms with Crippen LogP contribution >= 0.6 is 0 Å². The molecule has 0 aliphatic rings. The number of nitrogens with one attached hydrogen (secondary N) is 1. The lowest BCUT2D eigenvalue weighted by atomic mass is 10.0. The number of esters is 1. The van der Waals surface area contributed by atoms with Crippen LogP contribution in [0.1, 0.15) is 16.7 Å². The second kappa shape index (κ2) is 11.8. The number of benzene rings is 3. The second-order valence-corrected chi connectivity index (χ2v) is 7.21. The summed E-state index contributed by atoms with van der Waals surface area (Å²) in [6.07, 6.45) is 1.07. The lowest BCUT2D eigenvalue weighted by Crippen LogP contribution is -2.31. The molecule has 1 atom stereocenters. The Hall–Kier alpha value is -3.48. The van der Waals surface area contributed by atoms with Crippen molar-refractivity contribution in [2.75, 3.05) is 20.3 Å². The van der Waals surface area contributed by atoms with Gasteiger partial charge >= 0.3 is 5.97 Å². The van der Waals surface area contributed by atoms with E-state index in [1.165, 1.54) is 19.2 Å². The molecule has 6 heteroatoms. The quantitative estimate of drug-likeness (QED) is 0.286. The van der Waals surface area contributed by atoms with Crippen LogP contribution in [0.2, 0.25) is 0 Å². The van der Waals surface area contributed by atoms with Crippen LogP contribution in [0.3, 0.4) is 0 Å². The Morgan fingerprint density at radius 3 is 2.38 bits per heavy atom. The van der Waals surface area contributed by atoms with E-state index in [9.17, 15) is 14.3 Å². The predicted octanol–water partition coefficient (Wildman–Crippen LogP) is 4.07. The minimum absolute atomic E-state index is 0.128. The molecule has 3 aromatic carbocycles. The Balaban J connectivity index is 1.51. The number of methoxy groups -OCH3 is 1. The average molecular weight is 435 g/mol. The van der Waals surface area contributed by atoms with E-state index in [2.05, 4.69) is 5.32 Å². The zero-order valence-electron chi connectivity index (χ0n) is 17.8. The Morgan fingerprint density at radius 1 is 1.03 bits per heavy atom. The summed E-state index contributed by atoms with van der Waals surface area (Å²) in [7, 11) is 1.36. The first-order valence-electron chi connectivity index (χ1n) is 10.3. The molecule has 1 unspecified atom stereocenters. The zero-order valence-corrected chi connectivity index (χ0v) is 17.8. The summed E-state index contributed by atoms with van der Waals surface area (Å²) in [6.45, 7) is 1.00. The Kier molecular flexibility index (Phi) is 8.54. The van der Waals surface area contributed by atoms with Crippen LogP contribution in [0.4, 0.5) is 4.39 Å². The first-order valence-corrected chi connectivity index (χ1v) is 10.3. The molecule has 3 aromatic rings. The number of hydrogen-bond acceptors (Lipinski definition) is 5. The van der Waals surface area contributed by atoms with Gasteiger partial charge in [0.15, 0.2) is 0 Å². The second-order valence-electron chi connectivity index (χ2n) is 7.21. The lowest BCUT2D eigenvalue weighted by molar-refractivity contribution is -0.133. The van der Waals surface area contributed by atoms with E-state index in [-0.39, 0.29) is 12.4 Å². The van der Waals surface area contributed by atoms with E-state index in [1.54, 1.807) is 30.3 Å². The largest absolute Gasteiger partial charge is 0.491 e. The molecule has 0 fully saturated rings. The summed E-state index contributed by atoms with van der Waals surface area (Å²) in [4.78, 5) is 12.2. The highest BCUT2D eigenvalue weighted by atomic mass is 19.1. The summed E-state index contributed by atoms with van der Waals surface area (Å²) in [6, 6.07) is 22.8. The van der Waals surface area contributed by atoms with E-state index in [4.69, 9.17) is 9.47 Å². The van der Waals surface area contributed by atoms with Crippen LogP contribution in [-0.4, -0.2) is 37.4 Å². The van der Waals surface area contributed by atoms with Crippen LogP contribution in [0.5, 0.6) is 5.75 Å². The molecule has 0 bridgehead atoms. The third kappa shape index (κ3) is 7.04. The first kappa shape index (κ1) is 23.2. The fourth-order valence-corrected chi connectivity index (χ4v) is 3.05. The van der Waals surface area contributed by atoms with Gasteiger partial charge in [-0.05, 0) is 47.0 Å². The highest BCUT2D eigenvalue weighted by Crippen LogP contribution is 2.21. The summed E-state index contributed by atoms with van der Waals surface area (Å²) in [5.74, 6) is -0.0721.